The van der Waals surface area contributed by atoms with E-state index in [4.69, 9.17) is 19.9 Å². The van der Waals surface area contributed by atoms with Crippen molar-refractivity contribution in [2.75, 3.05) is 13.2 Å². The van der Waals surface area contributed by atoms with Gasteiger partial charge < -0.3 is 45.5 Å². The first kappa shape index (κ1) is 21.0. The van der Waals surface area contributed by atoms with Crippen molar-refractivity contribution >= 4 is 0 Å². The van der Waals surface area contributed by atoms with Gasteiger partial charge in [-0.15, -0.1) is 0 Å². The zero-order valence-corrected chi connectivity index (χ0v) is 14.6. The second kappa shape index (κ2) is 8.36. The minimum absolute atomic E-state index is 0.341. The van der Waals surface area contributed by atoms with Gasteiger partial charge in [0.25, 0.3) is 5.56 Å². The number of nitrogens with one attached hydrogen (secondary N) is 1. The highest BCUT2D eigenvalue weighted by Gasteiger charge is 2.47. The Kier molecular flexibility index (Phi) is 6.28. The summed E-state index contributed by atoms with van der Waals surface area (Å²) in [4.78, 5) is 25.0. The van der Waals surface area contributed by atoms with Gasteiger partial charge in [-0.25, -0.2) is 4.79 Å². The van der Waals surface area contributed by atoms with E-state index in [9.17, 15) is 35.1 Å². The Morgan fingerprint density at radius 3 is 2.39 bits per heavy atom. The fourth-order valence-corrected chi connectivity index (χ4v) is 3.17. The van der Waals surface area contributed by atoms with Gasteiger partial charge in [0.1, 0.15) is 36.6 Å². The lowest BCUT2D eigenvalue weighted by Crippen LogP contribution is -2.62. The molecule has 0 spiro atoms. The number of hydrogen-bond acceptors (Lipinski definition) is 11. The van der Waals surface area contributed by atoms with E-state index >= 15 is 0 Å². The normalized spacial score (nSPS) is 41.3. The summed E-state index contributed by atoms with van der Waals surface area (Å²) in [6.45, 7) is -0.921. The van der Waals surface area contributed by atoms with Crippen molar-refractivity contribution in [1.82, 2.24) is 9.55 Å². The lowest BCUT2D eigenvalue weighted by atomic mass is 9.98. The van der Waals surface area contributed by atoms with Crippen LogP contribution < -0.4 is 17.0 Å². The maximum absolute atomic E-state index is 11.9. The molecule has 0 amide bonds. The topological polar surface area (TPSA) is 210 Å². The first-order chi connectivity index (χ1) is 13.2. The van der Waals surface area contributed by atoms with Crippen LogP contribution in [0.25, 0.3) is 0 Å². The van der Waals surface area contributed by atoms with E-state index in [0.29, 0.717) is 0 Å². The molecule has 13 nitrogen and oxygen atoms in total. The van der Waals surface area contributed by atoms with E-state index in [1.807, 2.05) is 4.98 Å². The molecule has 0 radical (unpaired) electrons. The number of H-pyrrole nitrogens is 1. The van der Waals surface area contributed by atoms with Crippen LogP contribution in [-0.2, 0) is 14.2 Å². The summed E-state index contributed by atoms with van der Waals surface area (Å²) in [6.07, 6.45) is -9.32. The molecule has 8 N–H and O–H groups in total. The van der Waals surface area contributed by atoms with Gasteiger partial charge in [0.15, 0.2) is 12.5 Å². The molecular formula is C15H23N3O10. The smallest absolute Gasteiger partial charge is 0.330 e. The summed E-state index contributed by atoms with van der Waals surface area (Å²) in [5.74, 6) is 0. The van der Waals surface area contributed by atoms with Crippen molar-refractivity contribution in [3.8, 4) is 0 Å². The van der Waals surface area contributed by atoms with Crippen LogP contribution in [0.4, 0.5) is 0 Å². The number of ether oxygens (including phenoxy) is 3. The summed E-state index contributed by atoms with van der Waals surface area (Å²) < 4.78 is 17.1. The SMILES string of the molecule is N[C@H]1[C@H](OC[C@H]2O[C@@H](n3ccc(=O)[nH]c3=O)[C@H](O)[C@@H]2O)O[C@H](CO)[C@@H](O)[C@@H]1O. The number of rotatable bonds is 5. The van der Waals surface area contributed by atoms with Crippen molar-refractivity contribution in [3.05, 3.63) is 33.1 Å². The van der Waals surface area contributed by atoms with Crippen molar-refractivity contribution in [2.45, 2.75) is 55.2 Å². The Balaban J connectivity index is 1.66. The minimum atomic E-state index is -1.49. The molecule has 0 aromatic carbocycles. The number of nitrogens with zero attached hydrogens (tertiary/aromatic N) is 1. The molecule has 9 atom stereocenters. The van der Waals surface area contributed by atoms with E-state index in [2.05, 4.69) is 0 Å². The molecule has 2 saturated heterocycles. The third-order valence-corrected chi connectivity index (χ3v) is 4.82. The second-order valence-electron chi connectivity index (χ2n) is 6.68. The fraction of sp³-hybridized carbons (Fsp3) is 0.733. The van der Waals surface area contributed by atoms with Crippen LogP contribution in [0.3, 0.4) is 0 Å². The summed E-state index contributed by atoms with van der Waals surface area (Å²) in [5.41, 5.74) is 4.30. The Morgan fingerprint density at radius 1 is 1.07 bits per heavy atom. The van der Waals surface area contributed by atoms with Gasteiger partial charge in [-0.3, -0.25) is 14.3 Å². The van der Waals surface area contributed by atoms with Gasteiger partial charge in [0.2, 0.25) is 0 Å². The van der Waals surface area contributed by atoms with Crippen molar-refractivity contribution in [3.63, 3.8) is 0 Å². The van der Waals surface area contributed by atoms with Crippen LogP contribution in [0.2, 0.25) is 0 Å². The highest BCUT2D eigenvalue weighted by atomic mass is 16.7. The Hall–Kier alpha value is -1.68. The summed E-state index contributed by atoms with van der Waals surface area (Å²) >= 11 is 0. The predicted octanol–water partition coefficient (Wildman–Crippen LogP) is -5.06. The van der Waals surface area contributed by atoms with Crippen LogP contribution >= 0.6 is 0 Å². The predicted molar refractivity (Wildman–Crippen MR) is 88.9 cm³/mol. The zero-order valence-electron chi connectivity index (χ0n) is 14.6. The van der Waals surface area contributed by atoms with E-state index in [1.165, 1.54) is 0 Å². The van der Waals surface area contributed by atoms with Crippen molar-refractivity contribution in [2.24, 2.45) is 5.73 Å². The van der Waals surface area contributed by atoms with Gasteiger partial charge in [-0.2, -0.15) is 0 Å². The molecule has 3 heterocycles. The molecule has 0 saturated carbocycles. The Bertz CT molecular complexity index is 782. The van der Waals surface area contributed by atoms with E-state index in [0.717, 1.165) is 16.8 Å². The molecule has 0 bridgehead atoms. The van der Waals surface area contributed by atoms with Crippen LogP contribution in [0.1, 0.15) is 6.23 Å². The van der Waals surface area contributed by atoms with Crippen LogP contribution in [0, 0.1) is 0 Å². The molecule has 158 valence electrons. The highest BCUT2D eigenvalue weighted by Crippen LogP contribution is 2.29. The van der Waals surface area contributed by atoms with Crippen LogP contribution in [-0.4, -0.2) is 97.3 Å². The lowest BCUT2D eigenvalue weighted by molar-refractivity contribution is -0.272. The average Bonchev–Trinajstić information content (AvgIpc) is 2.94. The Morgan fingerprint density at radius 2 is 1.75 bits per heavy atom. The van der Waals surface area contributed by atoms with Crippen molar-refractivity contribution < 1.29 is 39.7 Å². The monoisotopic (exact) mass is 405 g/mol. The molecule has 28 heavy (non-hydrogen) atoms. The first-order valence-electron chi connectivity index (χ1n) is 8.57. The molecule has 1 aromatic rings. The maximum atomic E-state index is 11.9. The largest absolute Gasteiger partial charge is 0.394 e. The molecule has 2 fully saturated rings. The first-order valence-corrected chi connectivity index (χ1v) is 8.57. The van der Waals surface area contributed by atoms with E-state index in [1.54, 1.807) is 0 Å². The molecule has 2 aliphatic rings. The van der Waals surface area contributed by atoms with Crippen LogP contribution in [0.5, 0.6) is 0 Å². The van der Waals surface area contributed by atoms with Gasteiger partial charge in [-0.05, 0) is 0 Å². The number of aromatic nitrogens is 2. The fourth-order valence-electron chi connectivity index (χ4n) is 3.17. The Labute approximate surface area is 157 Å². The van der Waals surface area contributed by atoms with E-state index in [-0.39, 0.29) is 6.61 Å². The molecule has 2 aliphatic heterocycles. The number of nitrogens with two attached hydrogens (primary N) is 1. The van der Waals surface area contributed by atoms with Gasteiger partial charge in [0.05, 0.1) is 19.3 Å². The molecule has 13 heteroatoms. The molecule has 3 rings (SSSR count). The summed E-state index contributed by atoms with van der Waals surface area (Å²) in [7, 11) is 0. The minimum Gasteiger partial charge on any atom is -0.394 e. The number of aliphatic hydroxyl groups excluding tert-OH is 5. The number of hydrogen-bond donors (Lipinski definition) is 7. The van der Waals surface area contributed by atoms with Gasteiger partial charge in [-0.1, -0.05) is 0 Å². The maximum Gasteiger partial charge on any atom is 0.330 e. The zero-order chi connectivity index (χ0) is 20.6. The lowest BCUT2D eigenvalue weighted by Gasteiger charge is -2.40. The molecule has 0 unspecified atom stereocenters. The third kappa shape index (κ3) is 3.89. The summed E-state index contributed by atoms with van der Waals surface area (Å²) in [6, 6.07) is -0.0801. The number of aromatic amines is 1. The van der Waals surface area contributed by atoms with Crippen LogP contribution in [0.15, 0.2) is 21.9 Å². The quantitative estimate of drug-likeness (QED) is 0.246. The highest BCUT2D eigenvalue weighted by molar-refractivity contribution is 4.94. The third-order valence-electron chi connectivity index (χ3n) is 4.82. The molecule has 1 aromatic heterocycles. The summed E-state index contributed by atoms with van der Waals surface area (Å²) in [5, 5.41) is 49.2. The second-order valence-corrected chi connectivity index (χ2v) is 6.68. The van der Waals surface area contributed by atoms with E-state index < -0.39 is 73.0 Å². The van der Waals surface area contributed by atoms with Gasteiger partial charge in [0, 0.05) is 12.3 Å². The molecule has 0 aliphatic carbocycles. The molecular weight excluding hydrogens is 382 g/mol. The number of aliphatic hydroxyl groups is 5. The average molecular weight is 405 g/mol. The van der Waals surface area contributed by atoms with Gasteiger partial charge >= 0.3 is 5.69 Å². The standard InChI is InChI=1S/C15H23N3O10/c16-8-11(23)9(21)5(3-19)28-14(8)26-4-6-10(22)12(24)13(27-6)18-2-1-7(20)17-15(18)25/h1-2,5-6,8-14,19,21-24H,3-4,16H2,(H,17,20,25)/t5-,6-,8-,9-,10-,11-,12-,13-,14-/m1/s1. The van der Waals surface area contributed by atoms with Crippen molar-refractivity contribution in [1.29, 1.82) is 0 Å².